The molecule has 0 saturated carbocycles. The number of H-pyrrole nitrogens is 2. The second-order valence-electron chi connectivity index (χ2n) is 14.6. The molecule has 4 aromatic rings. The number of aromatic amines is 2. The Bertz CT molecular complexity index is 1810. The summed E-state index contributed by atoms with van der Waals surface area (Å²) < 4.78 is 9.50. The molecular weight excluding hydrogens is 795 g/mol. The van der Waals surface area contributed by atoms with Crippen LogP contribution in [-0.2, 0) is 19.1 Å². The lowest BCUT2D eigenvalue weighted by molar-refractivity contribution is -0.136. The van der Waals surface area contributed by atoms with Gasteiger partial charge in [0.15, 0.2) is 0 Å². The van der Waals surface area contributed by atoms with E-state index >= 15 is 0 Å². The molecule has 0 bridgehead atoms. The maximum absolute atomic E-state index is 13.5. The third kappa shape index (κ3) is 10.4. The number of hydrogen-bond acceptors (Lipinski definition) is 8. The number of hydrogen-bond donors (Lipinski definition) is 4. The zero-order chi connectivity index (χ0) is 38.5. The van der Waals surface area contributed by atoms with Crippen molar-refractivity contribution in [2.75, 3.05) is 27.3 Å². The van der Waals surface area contributed by atoms with E-state index in [1.54, 1.807) is 22.2 Å². The lowest BCUT2D eigenvalue weighted by atomic mass is 10.0. The van der Waals surface area contributed by atoms with Crippen LogP contribution in [0.15, 0.2) is 60.9 Å². The third-order valence-corrected chi connectivity index (χ3v) is 10.4. The Morgan fingerprint density at radius 2 is 0.947 bits per heavy atom. The van der Waals surface area contributed by atoms with Crippen LogP contribution in [0.4, 0.5) is 9.59 Å². The lowest BCUT2D eigenvalue weighted by Gasteiger charge is -2.30. The van der Waals surface area contributed by atoms with Gasteiger partial charge in [-0.3, -0.25) is 9.59 Å². The number of halogens is 3. The number of carbonyl (C=O) groups is 4. The molecular formula is C40H53Cl3N8O6. The molecule has 2 aromatic heterocycles. The number of alkyl carbamates (subject to hydrolysis) is 2. The van der Waals surface area contributed by atoms with Gasteiger partial charge in [-0.05, 0) is 59.8 Å². The van der Waals surface area contributed by atoms with Gasteiger partial charge in [0.05, 0.1) is 50.1 Å². The average molecular weight is 848 g/mol. The van der Waals surface area contributed by atoms with Crippen molar-refractivity contribution in [3.8, 4) is 33.6 Å². The van der Waals surface area contributed by atoms with E-state index in [9.17, 15) is 19.2 Å². The maximum atomic E-state index is 13.5. The number of nitrogens with one attached hydrogen (secondary N) is 4. The fourth-order valence-corrected chi connectivity index (χ4v) is 7.38. The second kappa shape index (κ2) is 20.6. The number of carbonyl (C=O) groups excluding carboxylic acids is 4. The minimum Gasteiger partial charge on any atom is -0.453 e. The highest BCUT2D eigenvalue weighted by molar-refractivity contribution is 5.87. The Hall–Kier alpha value is -4.79. The number of imidazole rings is 2. The first-order chi connectivity index (χ1) is 26.0. The lowest BCUT2D eigenvalue weighted by Crippen LogP contribution is -2.51. The summed E-state index contributed by atoms with van der Waals surface area (Å²) in [5.74, 6) is 0.955. The van der Waals surface area contributed by atoms with Gasteiger partial charge in [0.1, 0.15) is 23.7 Å². The van der Waals surface area contributed by atoms with Crippen LogP contribution in [0, 0.1) is 11.8 Å². The van der Waals surface area contributed by atoms with Gasteiger partial charge in [-0.1, -0.05) is 76.2 Å². The van der Waals surface area contributed by atoms with Crippen molar-refractivity contribution >= 4 is 61.2 Å². The fourth-order valence-electron chi connectivity index (χ4n) is 7.38. The van der Waals surface area contributed by atoms with Crippen LogP contribution < -0.4 is 10.6 Å². The smallest absolute Gasteiger partial charge is 0.407 e. The first-order valence-electron chi connectivity index (χ1n) is 18.6. The predicted molar refractivity (Wildman–Crippen MR) is 224 cm³/mol. The Morgan fingerprint density at radius 1 is 0.614 bits per heavy atom. The van der Waals surface area contributed by atoms with Crippen LogP contribution in [0.5, 0.6) is 0 Å². The number of amides is 4. The molecule has 310 valence electrons. The third-order valence-electron chi connectivity index (χ3n) is 10.4. The highest BCUT2D eigenvalue weighted by atomic mass is 35.5. The predicted octanol–water partition coefficient (Wildman–Crippen LogP) is 7.49. The Morgan fingerprint density at radius 3 is 1.26 bits per heavy atom. The molecule has 0 spiro atoms. The SMILES string of the molecule is COC(=O)N[C@H](C(=O)N1CCC[C@H]1c1ncc(-c2ccc(-c3ccc(-c4cnc([C@@H]5CCCN5C(=O)[C@@H](NC(=O)OC)C(C)C)[nH]4)cc3)cc2)[nH]1)C(C)C.Cl.Cl.Cl. The van der Waals surface area contributed by atoms with E-state index in [1.165, 1.54) is 14.2 Å². The van der Waals surface area contributed by atoms with Gasteiger partial charge >= 0.3 is 12.2 Å². The Labute approximate surface area is 351 Å². The van der Waals surface area contributed by atoms with Crippen LogP contribution in [0.2, 0.25) is 0 Å². The molecule has 0 radical (unpaired) electrons. The number of nitrogens with zero attached hydrogens (tertiary/aromatic N) is 4. The molecule has 2 aliphatic heterocycles. The molecule has 4 N–H and O–H groups in total. The number of ether oxygens (including phenoxy) is 2. The van der Waals surface area contributed by atoms with Crippen molar-refractivity contribution in [3.63, 3.8) is 0 Å². The van der Waals surface area contributed by atoms with E-state index in [2.05, 4.69) is 54.8 Å². The van der Waals surface area contributed by atoms with Gasteiger partial charge in [0.25, 0.3) is 0 Å². The van der Waals surface area contributed by atoms with Gasteiger partial charge < -0.3 is 39.9 Å². The number of likely N-dealkylation sites (tertiary alicyclic amines) is 2. The average Bonchev–Trinajstić information content (AvgIpc) is 4.02. The summed E-state index contributed by atoms with van der Waals surface area (Å²) in [7, 11) is 2.58. The largest absolute Gasteiger partial charge is 0.453 e. The molecule has 4 amide bonds. The second-order valence-corrected chi connectivity index (χ2v) is 14.6. The zero-order valence-electron chi connectivity index (χ0n) is 32.9. The van der Waals surface area contributed by atoms with Crippen molar-refractivity contribution in [1.82, 2.24) is 40.4 Å². The monoisotopic (exact) mass is 846 g/mol. The van der Waals surface area contributed by atoms with Crippen molar-refractivity contribution < 1.29 is 28.7 Å². The molecule has 17 heteroatoms. The molecule has 2 fully saturated rings. The summed E-state index contributed by atoms with van der Waals surface area (Å²) >= 11 is 0. The molecule has 6 rings (SSSR count). The van der Waals surface area contributed by atoms with E-state index in [4.69, 9.17) is 9.47 Å². The maximum Gasteiger partial charge on any atom is 0.407 e. The minimum atomic E-state index is -0.687. The minimum absolute atomic E-state index is 0. The van der Waals surface area contributed by atoms with Crippen molar-refractivity contribution in [2.24, 2.45) is 11.8 Å². The molecule has 4 atom stereocenters. The fraction of sp³-hybridized carbons (Fsp3) is 0.450. The van der Waals surface area contributed by atoms with Gasteiger partial charge in [0, 0.05) is 13.1 Å². The highest BCUT2D eigenvalue weighted by Gasteiger charge is 2.39. The van der Waals surface area contributed by atoms with E-state index in [0.717, 1.165) is 71.0 Å². The Balaban J connectivity index is 0.00000290. The number of aromatic nitrogens is 4. The molecule has 14 nitrogen and oxygen atoms in total. The molecule has 2 saturated heterocycles. The molecule has 2 aliphatic rings. The van der Waals surface area contributed by atoms with Gasteiger partial charge in [-0.2, -0.15) is 0 Å². The molecule has 57 heavy (non-hydrogen) atoms. The van der Waals surface area contributed by atoms with Crippen LogP contribution in [0.3, 0.4) is 0 Å². The van der Waals surface area contributed by atoms with E-state index in [1.807, 2.05) is 52.0 Å². The van der Waals surface area contributed by atoms with Crippen molar-refractivity contribution in [3.05, 3.63) is 72.6 Å². The molecule has 0 unspecified atom stereocenters. The summed E-state index contributed by atoms with van der Waals surface area (Å²) in [6, 6.07) is 14.7. The summed E-state index contributed by atoms with van der Waals surface area (Å²) in [6.07, 6.45) is 5.61. The first kappa shape index (κ1) is 46.6. The van der Waals surface area contributed by atoms with Gasteiger partial charge in [-0.15, -0.1) is 37.2 Å². The van der Waals surface area contributed by atoms with E-state index < -0.39 is 24.3 Å². The normalized spacial score (nSPS) is 17.2. The molecule has 0 aliphatic carbocycles. The number of rotatable bonds is 11. The van der Waals surface area contributed by atoms with Gasteiger partial charge in [-0.25, -0.2) is 19.6 Å². The highest BCUT2D eigenvalue weighted by Crippen LogP contribution is 2.35. The van der Waals surface area contributed by atoms with Gasteiger partial charge in [0.2, 0.25) is 11.8 Å². The summed E-state index contributed by atoms with van der Waals surface area (Å²) in [6.45, 7) is 8.78. The van der Waals surface area contributed by atoms with Crippen molar-refractivity contribution in [1.29, 1.82) is 0 Å². The van der Waals surface area contributed by atoms with Crippen LogP contribution in [0.1, 0.15) is 77.1 Å². The number of methoxy groups -OCH3 is 2. The molecule has 4 heterocycles. The standard InChI is InChI=1S/C40H50N8O6.3ClH/c1-23(2)33(45-39(51)53-5)37(49)47-19-7-9-31(47)35-41-21-29(43-35)27-15-11-25(12-16-27)26-13-17-28(18-14-26)30-22-42-36(44-30)32-10-8-20-48(32)38(50)34(24(3)4)46-40(52)54-6;;;/h11-18,21-24,31-34H,7-10,19-20H2,1-6H3,(H,41,43)(H,42,44)(H,45,51)(H,46,52);3*1H/t31-,32-,33-,34-;;;/m0.../s1. The quantitative estimate of drug-likeness (QED) is 0.120. The summed E-state index contributed by atoms with van der Waals surface area (Å²) in [5.41, 5.74) is 5.78. The van der Waals surface area contributed by atoms with Crippen LogP contribution in [0.25, 0.3) is 33.6 Å². The first-order valence-corrected chi connectivity index (χ1v) is 18.6. The summed E-state index contributed by atoms with van der Waals surface area (Å²) in [5, 5.41) is 5.38. The van der Waals surface area contributed by atoms with E-state index in [0.29, 0.717) is 13.1 Å². The molecule has 2 aromatic carbocycles. The van der Waals surface area contributed by atoms with E-state index in [-0.39, 0.29) is 73.0 Å². The van der Waals surface area contributed by atoms with Crippen LogP contribution >= 0.6 is 37.2 Å². The summed E-state index contributed by atoms with van der Waals surface area (Å²) in [4.78, 5) is 70.7. The number of benzene rings is 2. The zero-order valence-corrected chi connectivity index (χ0v) is 35.4. The van der Waals surface area contributed by atoms with Crippen molar-refractivity contribution in [2.45, 2.75) is 77.5 Å². The topological polar surface area (TPSA) is 175 Å². The Kier molecular flexibility index (Phi) is 16.8. The van der Waals surface area contributed by atoms with Crippen LogP contribution in [-0.4, -0.2) is 93.1 Å².